The second kappa shape index (κ2) is 5.14. The number of aliphatic hydroxyl groups excluding tert-OH is 1. The molecule has 1 aliphatic carbocycles. The molecule has 1 saturated carbocycles. The number of aliphatic hydroxyl groups is 1. The van der Waals surface area contributed by atoms with Crippen molar-refractivity contribution in [3.05, 3.63) is 24.2 Å². The van der Waals surface area contributed by atoms with E-state index in [0.717, 1.165) is 19.4 Å². The maximum absolute atomic E-state index is 9.26. The van der Waals surface area contributed by atoms with E-state index in [1.54, 1.807) is 18.4 Å². The van der Waals surface area contributed by atoms with Crippen molar-refractivity contribution in [3.63, 3.8) is 0 Å². The number of rotatable bonds is 5. The maximum Gasteiger partial charge on any atom is 0.293 e. The Bertz CT molecular complexity index is 517. The summed E-state index contributed by atoms with van der Waals surface area (Å²) < 4.78 is 10.4. The topological polar surface area (TPSA) is 75.5 Å². The fraction of sp³-hybridized carbons (Fsp3) is 0.538. The highest BCUT2D eigenvalue weighted by atomic mass is 16.5. The second-order valence-electron chi connectivity index (χ2n) is 5.18. The average molecular weight is 263 g/mol. The van der Waals surface area contributed by atoms with E-state index < -0.39 is 0 Å². The minimum atomic E-state index is -0.103. The van der Waals surface area contributed by atoms with Crippen LogP contribution in [0.4, 0.5) is 0 Å². The zero-order chi connectivity index (χ0) is 13.2. The standard InChI is InChI=1S/C13H17N3O3/c1-16(7-9-5-10(17)6-9)8-12-14-13(19-15-12)11-3-2-4-18-11/h2-4,9-10,17H,5-8H2,1H3. The Morgan fingerprint density at radius 3 is 3.00 bits per heavy atom. The minimum Gasteiger partial charge on any atom is -0.459 e. The summed E-state index contributed by atoms with van der Waals surface area (Å²) in [6, 6.07) is 3.57. The molecule has 3 rings (SSSR count). The predicted molar refractivity (Wildman–Crippen MR) is 67.1 cm³/mol. The Hall–Kier alpha value is -1.66. The van der Waals surface area contributed by atoms with Gasteiger partial charge in [-0.05, 0) is 37.9 Å². The van der Waals surface area contributed by atoms with Gasteiger partial charge >= 0.3 is 0 Å². The molecule has 2 aromatic heterocycles. The smallest absolute Gasteiger partial charge is 0.293 e. The van der Waals surface area contributed by atoms with Gasteiger partial charge in [0.25, 0.3) is 5.89 Å². The fourth-order valence-electron chi connectivity index (χ4n) is 2.41. The molecule has 0 aliphatic heterocycles. The molecule has 102 valence electrons. The summed E-state index contributed by atoms with van der Waals surface area (Å²) >= 11 is 0. The van der Waals surface area contributed by atoms with E-state index in [4.69, 9.17) is 8.94 Å². The van der Waals surface area contributed by atoms with Crippen LogP contribution in [0, 0.1) is 5.92 Å². The van der Waals surface area contributed by atoms with Crippen molar-refractivity contribution in [2.75, 3.05) is 13.6 Å². The number of hydrogen-bond donors (Lipinski definition) is 1. The van der Waals surface area contributed by atoms with Gasteiger partial charge in [-0.2, -0.15) is 4.98 Å². The van der Waals surface area contributed by atoms with E-state index >= 15 is 0 Å². The number of aromatic nitrogens is 2. The molecular weight excluding hydrogens is 246 g/mol. The van der Waals surface area contributed by atoms with Gasteiger partial charge in [0.15, 0.2) is 11.6 Å². The molecule has 0 bridgehead atoms. The largest absolute Gasteiger partial charge is 0.459 e. The van der Waals surface area contributed by atoms with E-state index in [9.17, 15) is 5.11 Å². The Balaban J connectivity index is 1.55. The molecule has 2 heterocycles. The molecule has 1 N–H and O–H groups in total. The SMILES string of the molecule is CN(Cc1noc(-c2ccco2)n1)CC1CC(O)C1. The van der Waals surface area contributed by atoms with Crippen LogP contribution >= 0.6 is 0 Å². The lowest BCUT2D eigenvalue weighted by Crippen LogP contribution is -2.36. The van der Waals surface area contributed by atoms with E-state index in [2.05, 4.69) is 15.0 Å². The van der Waals surface area contributed by atoms with Crippen LogP contribution in [-0.4, -0.2) is 39.8 Å². The van der Waals surface area contributed by atoms with Gasteiger partial charge in [0.2, 0.25) is 0 Å². The van der Waals surface area contributed by atoms with Crippen LogP contribution in [0.15, 0.2) is 27.3 Å². The van der Waals surface area contributed by atoms with Crippen LogP contribution < -0.4 is 0 Å². The molecule has 0 saturated heterocycles. The van der Waals surface area contributed by atoms with Crippen molar-refractivity contribution < 1.29 is 14.0 Å². The van der Waals surface area contributed by atoms with Crippen molar-refractivity contribution in [3.8, 4) is 11.7 Å². The average Bonchev–Trinajstić information content (AvgIpc) is 2.96. The fourth-order valence-corrected chi connectivity index (χ4v) is 2.41. The highest BCUT2D eigenvalue weighted by Crippen LogP contribution is 2.27. The Morgan fingerprint density at radius 1 is 1.47 bits per heavy atom. The van der Waals surface area contributed by atoms with Crippen LogP contribution in [0.3, 0.4) is 0 Å². The van der Waals surface area contributed by atoms with Gasteiger partial charge in [0.05, 0.1) is 18.9 Å². The van der Waals surface area contributed by atoms with Crippen molar-refractivity contribution >= 4 is 0 Å². The van der Waals surface area contributed by atoms with Crippen LogP contribution in [0.1, 0.15) is 18.7 Å². The Labute approximate surface area is 111 Å². The molecule has 1 aliphatic rings. The summed E-state index contributed by atoms with van der Waals surface area (Å²) in [5.41, 5.74) is 0. The van der Waals surface area contributed by atoms with Gasteiger partial charge in [0.1, 0.15) is 0 Å². The van der Waals surface area contributed by atoms with Gasteiger partial charge in [-0.1, -0.05) is 5.16 Å². The summed E-state index contributed by atoms with van der Waals surface area (Å²) in [7, 11) is 2.02. The van der Waals surface area contributed by atoms with E-state index in [0.29, 0.717) is 29.9 Å². The van der Waals surface area contributed by atoms with Gasteiger partial charge in [-0.3, -0.25) is 4.90 Å². The van der Waals surface area contributed by atoms with Gasteiger partial charge in [0, 0.05) is 6.54 Å². The number of hydrogen-bond acceptors (Lipinski definition) is 6. The first kappa shape index (κ1) is 12.4. The van der Waals surface area contributed by atoms with Crippen LogP contribution in [0.2, 0.25) is 0 Å². The molecule has 1 fully saturated rings. The molecule has 0 unspecified atom stereocenters. The van der Waals surface area contributed by atoms with E-state index in [-0.39, 0.29) is 6.10 Å². The molecule has 0 aromatic carbocycles. The lowest BCUT2D eigenvalue weighted by Gasteiger charge is -2.34. The van der Waals surface area contributed by atoms with Crippen molar-refractivity contribution in [2.24, 2.45) is 5.92 Å². The summed E-state index contributed by atoms with van der Waals surface area (Å²) in [6.07, 6.45) is 3.27. The monoisotopic (exact) mass is 263 g/mol. The lowest BCUT2D eigenvalue weighted by molar-refractivity contribution is 0.0270. The highest BCUT2D eigenvalue weighted by Gasteiger charge is 2.28. The summed E-state index contributed by atoms with van der Waals surface area (Å²) in [5, 5.41) is 13.2. The van der Waals surface area contributed by atoms with Gasteiger partial charge in [-0.15, -0.1) is 0 Å². The molecule has 19 heavy (non-hydrogen) atoms. The molecular formula is C13H17N3O3. The van der Waals surface area contributed by atoms with Crippen molar-refractivity contribution in [1.29, 1.82) is 0 Å². The van der Waals surface area contributed by atoms with Crippen LogP contribution in [-0.2, 0) is 6.54 Å². The predicted octanol–water partition coefficient (Wildman–Crippen LogP) is 1.53. The van der Waals surface area contributed by atoms with Crippen molar-refractivity contribution in [2.45, 2.75) is 25.5 Å². The summed E-state index contributed by atoms with van der Waals surface area (Å²) in [6.45, 7) is 1.58. The van der Waals surface area contributed by atoms with Gasteiger partial charge < -0.3 is 14.0 Å². The van der Waals surface area contributed by atoms with E-state index in [1.807, 2.05) is 7.05 Å². The first-order valence-corrected chi connectivity index (χ1v) is 6.44. The zero-order valence-electron chi connectivity index (χ0n) is 10.8. The molecule has 0 atom stereocenters. The molecule has 6 heteroatoms. The highest BCUT2D eigenvalue weighted by molar-refractivity contribution is 5.42. The zero-order valence-corrected chi connectivity index (χ0v) is 10.8. The first-order chi connectivity index (χ1) is 9.20. The molecule has 6 nitrogen and oxygen atoms in total. The molecule has 2 aromatic rings. The van der Waals surface area contributed by atoms with Crippen molar-refractivity contribution in [1.82, 2.24) is 15.0 Å². The van der Waals surface area contributed by atoms with Gasteiger partial charge in [-0.25, -0.2) is 0 Å². The summed E-state index contributed by atoms with van der Waals surface area (Å²) in [5.74, 6) is 2.22. The third-order valence-corrected chi connectivity index (χ3v) is 3.39. The maximum atomic E-state index is 9.26. The molecule has 0 radical (unpaired) electrons. The van der Waals surface area contributed by atoms with Crippen LogP contribution in [0.25, 0.3) is 11.7 Å². The number of furan rings is 1. The second-order valence-corrected chi connectivity index (χ2v) is 5.18. The van der Waals surface area contributed by atoms with Crippen LogP contribution in [0.5, 0.6) is 0 Å². The Kier molecular flexibility index (Phi) is 3.35. The summed E-state index contributed by atoms with van der Waals surface area (Å²) in [4.78, 5) is 6.44. The van der Waals surface area contributed by atoms with E-state index in [1.165, 1.54) is 0 Å². The normalized spacial score (nSPS) is 22.7. The first-order valence-electron chi connectivity index (χ1n) is 6.44. The third-order valence-electron chi connectivity index (χ3n) is 3.39. The quantitative estimate of drug-likeness (QED) is 0.881. The number of nitrogens with zero attached hydrogens (tertiary/aromatic N) is 3. The molecule has 0 amide bonds. The third kappa shape index (κ3) is 2.85. The Morgan fingerprint density at radius 2 is 2.32 bits per heavy atom. The minimum absolute atomic E-state index is 0.103. The lowest BCUT2D eigenvalue weighted by atomic mass is 9.82. The molecule has 0 spiro atoms.